The molecule has 1 saturated carbocycles. The van der Waals surface area contributed by atoms with Crippen molar-refractivity contribution in [2.24, 2.45) is 0 Å². The Morgan fingerprint density at radius 1 is 1.42 bits per heavy atom. The summed E-state index contributed by atoms with van der Waals surface area (Å²) in [6, 6.07) is 4.37. The van der Waals surface area contributed by atoms with Gasteiger partial charge in [0.25, 0.3) is 5.91 Å². The fourth-order valence-electron chi connectivity index (χ4n) is 2.35. The summed E-state index contributed by atoms with van der Waals surface area (Å²) in [5, 5.41) is 11.5. The molecule has 0 radical (unpaired) electrons. The van der Waals surface area contributed by atoms with Crippen LogP contribution >= 0.6 is 0 Å². The van der Waals surface area contributed by atoms with Crippen molar-refractivity contribution >= 4 is 11.9 Å². The van der Waals surface area contributed by atoms with E-state index < -0.39 is 23.2 Å². The summed E-state index contributed by atoms with van der Waals surface area (Å²) >= 11 is 0. The van der Waals surface area contributed by atoms with Crippen molar-refractivity contribution in [1.29, 1.82) is 0 Å². The molecule has 1 aromatic rings. The largest absolute Gasteiger partial charge is 0.481 e. The maximum atomic E-state index is 13.7. The molecule has 2 rings (SSSR count). The van der Waals surface area contributed by atoms with E-state index in [0.717, 1.165) is 12.0 Å². The molecule has 19 heavy (non-hydrogen) atoms. The second-order valence-electron chi connectivity index (χ2n) is 5.14. The van der Waals surface area contributed by atoms with Gasteiger partial charge in [0.2, 0.25) is 0 Å². The Kier molecular flexibility index (Phi) is 3.55. The average molecular weight is 265 g/mol. The van der Waals surface area contributed by atoms with Crippen LogP contribution in [0.2, 0.25) is 0 Å². The normalized spacial score (nSPS) is 16.5. The van der Waals surface area contributed by atoms with Crippen LogP contribution in [0.3, 0.4) is 0 Å². The molecule has 1 aliphatic carbocycles. The Hall–Kier alpha value is -1.91. The summed E-state index contributed by atoms with van der Waals surface area (Å²) in [6.45, 7) is 1.74. The number of halogens is 1. The molecule has 2 N–H and O–H groups in total. The van der Waals surface area contributed by atoms with Crippen LogP contribution in [0.15, 0.2) is 18.2 Å². The van der Waals surface area contributed by atoms with Gasteiger partial charge in [0, 0.05) is 0 Å². The smallest absolute Gasteiger partial charge is 0.305 e. The molecule has 1 aromatic carbocycles. The minimum Gasteiger partial charge on any atom is -0.481 e. The number of carbonyl (C=O) groups is 2. The Bertz CT molecular complexity index is 523. The van der Waals surface area contributed by atoms with Gasteiger partial charge < -0.3 is 10.4 Å². The van der Waals surface area contributed by atoms with Crippen LogP contribution in [0, 0.1) is 12.7 Å². The SMILES string of the molecule is Cc1ccc(C(=O)NC2(CC(=O)O)CCC2)c(F)c1. The van der Waals surface area contributed by atoms with Gasteiger partial charge in [-0.25, -0.2) is 4.39 Å². The molecule has 0 saturated heterocycles. The fourth-order valence-corrected chi connectivity index (χ4v) is 2.35. The maximum absolute atomic E-state index is 13.7. The lowest BCUT2D eigenvalue weighted by molar-refractivity contribution is -0.139. The number of aryl methyl sites for hydroxylation is 1. The van der Waals surface area contributed by atoms with Crippen molar-refractivity contribution < 1.29 is 19.1 Å². The zero-order chi connectivity index (χ0) is 14.0. The Morgan fingerprint density at radius 2 is 2.11 bits per heavy atom. The summed E-state index contributed by atoms with van der Waals surface area (Å²) in [5.74, 6) is -2.08. The predicted molar refractivity (Wildman–Crippen MR) is 67.4 cm³/mol. The summed E-state index contributed by atoms with van der Waals surface area (Å²) in [7, 11) is 0. The Balaban J connectivity index is 2.13. The van der Waals surface area contributed by atoms with E-state index in [4.69, 9.17) is 5.11 Å². The molecular formula is C14H16FNO3. The lowest BCUT2D eigenvalue weighted by Gasteiger charge is -2.41. The van der Waals surface area contributed by atoms with Crippen LogP contribution in [0.4, 0.5) is 4.39 Å². The Morgan fingerprint density at radius 3 is 2.58 bits per heavy atom. The number of amides is 1. The zero-order valence-electron chi connectivity index (χ0n) is 10.7. The lowest BCUT2D eigenvalue weighted by atomic mass is 9.74. The second-order valence-corrected chi connectivity index (χ2v) is 5.14. The molecule has 4 nitrogen and oxygen atoms in total. The van der Waals surface area contributed by atoms with E-state index >= 15 is 0 Å². The molecule has 1 amide bonds. The highest BCUT2D eigenvalue weighted by Gasteiger charge is 2.40. The summed E-state index contributed by atoms with van der Waals surface area (Å²) in [5.41, 5.74) is -0.0135. The third-order valence-electron chi connectivity index (χ3n) is 3.55. The first kappa shape index (κ1) is 13.5. The van der Waals surface area contributed by atoms with Crippen LogP contribution in [0.5, 0.6) is 0 Å². The predicted octanol–water partition coefficient (Wildman–Crippen LogP) is 2.26. The van der Waals surface area contributed by atoms with Crippen LogP contribution in [-0.2, 0) is 4.79 Å². The lowest BCUT2D eigenvalue weighted by Crippen LogP contribution is -2.54. The van der Waals surface area contributed by atoms with Gasteiger partial charge in [-0.05, 0) is 43.9 Å². The van der Waals surface area contributed by atoms with E-state index in [1.807, 2.05) is 0 Å². The molecule has 0 spiro atoms. The number of carboxylic acids is 1. The molecule has 5 heteroatoms. The molecule has 0 bridgehead atoms. The average Bonchev–Trinajstić information content (AvgIpc) is 2.25. The fraction of sp³-hybridized carbons (Fsp3) is 0.429. The quantitative estimate of drug-likeness (QED) is 0.877. The van der Waals surface area contributed by atoms with Gasteiger partial charge in [-0.1, -0.05) is 6.07 Å². The van der Waals surface area contributed by atoms with Gasteiger partial charge in [0.15, 0.2) is 0 Å². The number of hydrogen-bond acceptors (Lipinski definition) is 2. The van der Waals surface area contributed by atoms with E-state index in [0.29, 0.717) is 12.8 Å². The molecule has 0 aromatic heterocycles. The van der Waals surface area contributed by atoms with Gasteiger partial charge >= 0.3 is 5.97 Å². The van der Waals surface area contributed by atoms with Gasteiger partial charge in [-0.2, -0.15) is 0 Å². The van der Waals surface area contributed by atoms with Crippen molar-refractivity contribution in [3.63, 3.8) is 0 Å². The molecule has 102 valence electrons. The number of carboxylic acid groups (broad SMARTS) is 1. The van der Waals surface area contributed by atoms with Crippen LogP contribution < -0.4 is 5.32 Å². The number of benzene rings is 1. The first-order valence-electron chi connectivity index (χ1n) is 6.22. The number of carbonyl (C=O) groups excluding carboxylic acids is 1. The monoisotopic (exact) mass is 265 g/mol. The third kappa shape index (κ3) is 2.92. The van der Waals surface area contributed by atoms with E-state index in [1.165, 1.54) is 12.1 Å². The topological polar surface area (TPSA) is 66.4 Å². The zero-order valence-corrected chi connectivity index (χ0v) is 10.7. The van der Waals surface area contributed by atoms with Crippen LogP contribution in [-0.4, -0.2) is 22.5 Å². The molecular weight excluding hydrogens is 249 g/mol. The summed E-state index contributed by atoms with van der Waals surface area (Å²) in [4.78, 5) is 22.8. The minimum atomic E-state index is -0.954. The second kappa shape index (κ2) is 4.99. The molecule has 0 unspecified atom stereocenters. The highest BCUT2D eigenvalue weighted by molar-refractivity contribution is 5.95. The number of aliphatic carboxylic acids is 1. The van der Waals surface area contributed by atoms with Crippen molar-refractivity contribution in [3.05, 3.63) is 35.1 Å². The molecule has 1 aliphatic rings. The Labute approximate surface area is 110 Å². The molecule has 0 heterocycles. The standard InChI is InChI=1S/C14H16FNO3/c1-9-3-4-10(11(15)7-9)13(19)16-14(5-2-6-14)8-12(17)18/h3-4,7H,2,5-6,8H2,1H3,(H,16,19)(H,17,18). The highest BCUT2D eigenvalue weighted by Crippen LogP contribution is 2.35. The molecule has 0 aliphatic heterocycles. The van der Waals surface area contributed by atoms with Gasteiger partial charge in [-0.15, -0.1) is 0 Å². The number of nitrogens with one attached hydrogen (secondary N) is 1. The van der Waals surface area contributed by atoms with Crippen LogP contribution in [0.25, 0.3) is 0 Å². The van der Waals surface area contributed by atoms with E-state index in [2.05, 4.69) is 5.32 Å². The maximum Gasteiger partial charge on any atom is 0.305 e. The summed E-state index contributed by atoms with van der Waals surface area (Å²) < 4.78 is 13.7. The van der Waals surface area contributed by atoms with Gasteiger partial charge in [0.05, 0.1) is 17.5 Å². The van der Waals surface area contributed by atoms with E-state index in [1.54, 1.807) is 13.0 Å². The first-order valence-corrected chi connectivity index (χ1v) is 6.22. The first-order chi connectivity index (χ1) is 8.92. The van der Waals surface area contributed by atoms with Crippen molar-refractivity contribution in [2.45, 2.75) is 38.1 Å². The van der Waals surface area contributed by atoms with E-state index in [-0.39, 0.29) is 12.0 Å². The minimum absolute atomic E-state index is 0.0396. The molecule has 1 fully saturated rings. The number of hydrogen-bond donors (Lipinski definition) is 2. The van der Waals surface area contributed by atoms with Gasteiger partial charge in [0.1, 0.15) is 5.82 Å². The van der Waals surface area contributed by atoms with Crippen molar-refractivity contribution in [1.82, 2.24) is 5.32 Å². The van der Waals surface area contributed by atoms with E-state index in [9.17, 15) is 14.0 Å². The highest BCUT2D eigenvalue weighted by atomic mass is 19.1. The van der Waals surface area contributed by atoms with Crippen molar-refractivity contribution in [2.75, 3.05) is 0 Å². The van der Waals surface area contributed by atoms with Crippen LogP contribution in [0.1, 0.15) is 41.6 Å². The van der Waals surface area contributed by atoms with Gasteiger partial charge in [-0.3, -0.25) is 9.59 Å². The van der Waals surface area contributed by atoms with Crippen molar-refractivity contribution in [3.8, 4) is 0 Å². The number of rotatable bonds is 4. The molecule has 0 atom stereocenters. The third-order valence-corrected chi connectivity index (χ3v) is 3.55. The summed E-state index contributed by atoms with van der Waals surface area (Å²) in [6.07, 6.45) is 2.01.